The summed E-state index contributed by atoms with van der Waals surface area (Å²) in [5, 5.41) is 2.88. The fourth-order valence-electron chi connectivity index (χ4n) is 3.15. The van der Waals surface area contributed by atoms with Crippen LogP contribution in [0.1, 0.15) is 68.2 Å². The number of likely N-dealkylation sites (tertiary alicyclic amines) is 1. The monoisotopic (exact) mass is 398 g/mol. The van der Waals surface area contributed by atoms with Gasteiger partial charge >= 0.3 is 12.1 Å². The lowest BCUT2D eigenvalue weighted by Crippen LogP contribution is -2.51. The van der Waals surface area contributed by atoms with Gasteiger partial charge in [-0.2, -0.15) is 0 Å². The molecule has 0 radical (unpaired) electrons. The van der Waals surface area contributed by atoms with E-state index in [4.69, 9.17) is 9.47 Å². The lowest BCUT2D eigenvalue weighted by atomic mass is 9.74. The predicted octanol–water partition coefficient (Wildman–Crippen LogP) is 3.36. The minimum Gasteiger partial charge on any atom is -0.463 e. The minimum absolute atomic E-state index is 0.0201. The average molecular weight is 399 g/mol. The van der Waals surface area contributed by atoms with Crippen LogP contribution in [0.15, 0.2) is 0 Å². The van der Waals surface area contributed by atoms with Gasteiger partial charge in [-0.3, -0.25) is 9.59 Å². The number of hydrogen-bond donors (Lipinski definition) is 1. The molecule has 0 aliphatic carbocycles. The molecule has 1 fully saturated rings. The maximum Gasteiger partial charge on any atom is 0.410 e. The van der Waals surface area contributed by atoms with Gasteiger partial charge in [0, 0.05) is 25.0 Å². The molecule has 0 spiro atoms. The molecule has 1 rings (SSSR count). The van der Waals surface area contributed by atoms with E-state index < -0.39 is 16.9 Å². The standard InChI is InChI=1S/C21H38N2O5/c1-14(2)27-17(24)15(3)12-22-18(25)21(7,8)16-10-9-11-23(13-16)19(26)28-20(4,5)6/h14-16H,9-13H2,1-8H3,(H,22,25)/t15-,16+/m0/s1. The topological polar surface area (TPSA) is 84.9 Å². The smallest absolute Gasteiger partial charge is 0.410 e. The Morgan fingerprint density at radius 1 is 1.11 bits per heavy atom. The number of nitrogens with one attached hydrogen (secondary N) is 1. The van der Waals surface area contributed by atoms with Crippen LogP contribution in [0.5, 0.6) is 0 Å². The highest BCUT2D eigenvalue weighted by Crippen LogP contribution is 2.34. The SMILES string of the molecule is CC(C)OC(=O)[C@@H](C)CNC(=O)C(C)(C)[C@@H]1CCCN(C(=O)OC(C)(C)C)C1. The molecule has 0 aromatic carbocycles. The summed E-state index contributed by atoms with van der Waals surface area (Å²) in [7, 11) is 0. The molecule has 7 nitrogen and oxygen atoms in total. The Balaban J connectivity index is 2.65. The average Bonchev–Trinajstić information content (AvgIpc) is 2.57. The van der Waals surface area contributed by atoms with Crippen LogP contribution in [0.25, 0.3) is 0 Å². The lowest BCUT2D eigenvalue weighted by Gasteiger charge is -2.40. The second kappa shape index (κ2) is 9.61. The highest BCUT2D eigenvalue weighted by Gasteiger charge is 2.40. The minimum atomic E-state index is -0.664. The van der Waals surface area contributed by atoms with E-state index in [0.29, 0.717) is 13.1 Å². The molecular weight excluding hydrogens is 360 g/mol. The van der Waals surface area contributed by atoms with E-state index in [1.807, 2.05) is 34.6 Å². The molecule has 0 aromatic rings. The molecule has 2 amide bonds. The molecule has 0 unspecified atom stereocenters. The fourth-order valence-corrected chi connectivity index (χ4v) is 3.15. The van der Waals surface area contributed by atoms with Gasteiger partial charge in [-0.25, -0.2) is 4.79 Å². The van der Waals surface area contributed by atoms with Gasteiger partial charge in [-0.05, 0) is 53.4 Å². The Labute approximate surface area is 169 Å². The lowest BCUT2D eigenvalue weighted by molar-refractivity contribution is -0.151. The van der Waals surface area contributed by atoms with Gasteiger partial charge < -0.3 is 19.7 Å². The third-order valence-electron chi connectivity index (χ3n) is 5.00. The van der Waals surface area contributed by atoms with Crippen LogP contribution in [0.4, 0.5) is 4.79 Å². The third kappa shape index (κ3) is 7.32. The van der Waals surface area contributed by atoms with Gasteiger partial charge in [0.05, 0.1) is 12.0 Å². The number of amides is 2. The Morgan fingerprint density at radius 2 is 1.71 bits per heavy atom. The van der Waals surface area contributed by atoms with Crippen LogP contribution < -0.4 is 5.32 Å². The van der Waals surface area contributed by atoms with Crippen LogP contribution in [0.2, 0.25) is 0 Å². The number of nitrogens with zero attached hydrogens (tertiary/aromatic N) is 1. The first kappa shape index (κ1) is 24.2. The van der Waals surface area contributed by atoms with E-state index in [2.05, 4.69) is 5.32 Å². The Hall–Kier alpha value is -1.79. The summed E-state index contributed by atoms with van der Waals surface area (Å²) in [4.78, 5) is 38.8. The van der Waals surface area contributed by atoms with Gasteiger partial charge in [0.2, 0.25) is 5.91 Å². The first-order valence-corrected chi connectivity index (χ1v) is 10.2. The summed E-state index contributed by atoms with van der Waals surface area (Å²) in [5.74, 6) is -0.826. The quantitative estimate of drug-likeness (QED) is 0.694. The number of carbonyl (C=O) groups excluding carboxylic acids is 3. The largest absolute Gasteiger partial charge is 0.463 e. The molecule has 1 N–H and O–H groups in total. The van der Waals surface area contributed by atoms with Gasteiger partial charge in [0.25, 0.3) is 0 Å². The van der Waals surface area contributed by atoms with Crippen molar-refractivity contribution in [3.8, 4) is 0 Å². The first-order valence-electron chi connectivity index (χ1n) is 10.2. The van der Waals surface area contributed by atoms with Crippen LogP contribution in [-0.2, 0) is 19.1 Å². The van der Waals surface area contributed by atoms with Gasteiger partial charge in [0.1, 0.15) is 5.60 Å². The maximum absolute atomic E-state index is 12.8. The number of ether oxygens (including phenoxy) is 2. The van der Waals surface area contributed by atoms with Crippen molar-refractivity contribution in [2.24, 2.45) is 17.3 Å². The first-order chi connectivity index (χ1) is 12.7. The maximum atomic E-state index is 12.8. The molecule has 1 aliphatic rings. The zero-order chi connectivity index (χ0) is 21.7. The van der Waals surface area contributed by atoms with Crippen LogP contribution in [0.3, 0.4) is 0 Å². The molecule has 2 atom stereocenters. The molecule has 7 heteroatoms. The Bertz CT molecular complexity index is 566. The molecular formula is C21H38N2O5. The van der Waals surface area contributed by atoms with E-state index >= 15 is 0 Å². The number of esters is 1. The van der Waals surface area contributed by atoms with E-state index in [-0.39, 0.29) is 36.5 Å². The molecule has 28 heavy (non-hydrogen) atoms. The molecule has 0 bridgehead atoms. The van der Waals surface area contributed by atoms with Crippen LogP contribution >= 0.6 is 0 Å². The number of hydrogen-bond acceptors (Lipinski definition) is 5. The zero-order valence-corrected chi connectivity index (χ0v) is 18.8. The molecule has 162 valence electrons. The normalized spacial score (nSPS) is 19.2. The zero-order valence-electron chi connectivity index (χ0n) is 18.8. The highest BCUT2D eigenvalue weighted by atomic mass is 16.6. The third-order valence-corrected chi connectivity index (χ3v) is 5.00. The molecule has 1 saturated heterocycles. The van der Waals surface area contributed by atoms with Crippen molar-refractivity contribution >= 4 is 18.0 Å². The van der Waals surface area contributed by atoms with E-state index in [1.54, 1.807) is 25.7 Å². The van der Waals surface area contributed by atoms with Crippen molar-refractivity contribution in [2.45, 2.75) is 79.9 Å². The van der Waals surface area contributed by atoms with Gasteiger partial charge in [0.15, 0.2) is 0 Å². The van der Waals surface area contributed by atoms with Gasteiger partial charge in [-0.15, -0.1) is 0 Å². The molecule has 1 aliphatic heterocycles. The summed E-state index contributed by atoms with van der Waals surface area (Å²) in [6, 6.07) is 0. The summed E-state index contributed by atoms with van der Waals surface area (Å²) in [6.45, 7) is 16.0. The van der Waals surface area contributed by atoms with E-state index in [1.165, 1.54) is 0 Å². The van der Waals surface area contributed by atoms with Crippen molar-refractivity contribution in [1.82, 2.24) is 10.2 Å². The fraction of sp³-hybridized carbons (Fsp3) is 0.857. The predicted molar refractivity (Wildman–Crippen MR) is 108 cm³/mol. The van der Waals surface area contributed by atoms with E-state index in [0.717, 1.165) is 12.8 Å². The summed E-state index contributed by atoms with van der Waals surface area (Å²) < 4.78 is 10.6. The summed E-state index contributed by atoms with van der Waals surface area (Å²) in [5.41, 5.74) is -1.21. The van der Waals surface area contributed by atoms with Crippen molar-refractivity contribution in [1.29, 1.82) is 0 Å². The summed E-state index contributed by atoms with van der Waals surface area (Å²) in [6.07, 6.45) is 1.18. The number of piperidine rings is 1. The number of carbonyl (C=O) groups is 3. The van der Waals surface area contributed by atoms with Gasteiger partial charge in [-0.1, -0.05) is 20.8 Å². The second-order valence-electron chi connectivity index (χ2n) is 9.58. The Kier molecular flexibility index (Phi) is 8.32. The van der Waals surface area contributed by atoms with Crippen LogP contribution in [-0.4, -0.2) is 54.2 Å². The van der Waals surface area contributed by atoms with Crippen LogP contribution in [0, 0.1) is 17.3 Å². The number of rotatable bonds is 6. The summed E-state index contributed by atoms with van der Waals surface area (Å²) >= 11 is 0. The highest BCUT2D eigenvalue weighted by molar-refractivity contribution is 5.83. The van der Waals surface area contributed by atoms with Crippen molar-refractivity contribution < 1.29 is 23.9 Å². The molecule has 0 aromatic heterocycles. The second-order valence-corrected chi connectivity index (χ2v) is 9.58. The molecule has 0 saturated carbocycles. The Morgan fingerprint density at radius 3 is 2.25 bits per heavy atom. The van der Waals surface area contributed by atoms with Crippen molar-refractivity contribution in [2.75, 3.05) is 19.6 Å². The van der Waals surface area contributed by atoms with E-state index in [9.17, 15) is 14.4 Å². The van der Waals surface area contributed by atoms with Crippen molar-refractivity contribution in [3.63, 3.8) is 0 Å². The molecule has 1 heterocycles. The van der Waals surface area contributed by atoms with Crippen molar-refractivity contribution in [3.05, 3.63) is 0 Å².